The average Bonchev–Trinajstić information content (AvgIpc) is 2.69. The molecule has 3 rings (SSSR count). The molecule has 2 aromatic carbocycles. The summed E-state index contributed by atoms with van der Waals surface area (Å²) in [5.41, 5.74) is 2.67. The van der Waals surface area contributed by atoms with E-state index < -0.39 is 0 Å². The fourth-order valence-electron chi connectivity index (χ4n) is 3.14. The van der Waals surface area contributed by atoms with Crippen LogP contribution in [-0.2, 0) is 9.59 Å². The molecule has 140 valence electrons. The van der Waals surface area contributed by atoms with Crippen molar-refractivity contribution in [3.63, 3.8) is 0 Å². The topological polar surface area (TPSA) is 49.4 Å². The third-order valence-corrected chi connectivity index (χ3v) is 5.17. The lowest BCUT2D eigenvalue weighted by molar-refractivity contribution is -0.130. The molecule has 2 amide bonds. The summed E-state index contributed by atoms with van der Waals surface area (Å²) in [6, 6.07) is 15.1. The van der Waals surface area contributed by atoms with Crippen LogP contribution in [0.25, 0.3) is 6.08 Å². The number of aryl methyl sites for hydroxylation is 1. The summed E-state index contributed by atoms with van der Waals surface area (Å²) < 4.78 is 0. The molecule has 0 saturated carbocycles. The average molecular weight is 383 g/mol. The van der Waals surface area contributed by atoms with Gasteiger partial charge in [-0.1, -0.05) is 41.9 Å². The van der Waals surface area contributed by atoms with Gasteiger partial charge in [-0.25, -0.2) is 0 Å². The molecule has 2 aromatic rings. The highest BCUT2D eigenvalue weighted by Gasteiger charge is 2.27. The van der Waals surface area contributed by atoms with Gasteiger partial charge >= 0.3 is 0 Å². The van der Waals surface area contributed by atoms with Crippen molar-refractivity contribution < 1.29 is 9.59 Å². The van der Waals surface area contributed by atoms with Gasteiger partial charge in [0.2, 0.25) is 11.8 Å². The molecule has 1 heterocycles. The summed E-state index contributed by atoms with van der Waals surface area (Å²) in [5, 5.41) is 3.61. The Morgan fingerprint density at radius 1 is 1.19 bits per heavy atom. The van der Waals surface area contributed by atoms with Crippen molar-refractivity contribution in [2.75, 3.05) is 18.4 Å². The van der Waals surface area contributed by atoms with Crippen LogP contribution in [0.1, 0.15) is 24.0 Å². The molecular weight excluding hydrogens is 360 g/mol. The summed E-state index contributed by atoms with van der Waals surface area (Å²) in [7, 11) is 0. The predicted octanol–water partition coefficient (Wildman–Crippen LogP) is 4.54. The molecule has 1 aliphatic rings. The van der Waals surface area contributed by atoms with Gasteiger partial charge in [0.05, 0.1) is 5.92 Å². The molecule has 0 bridgehead atoms. The van der Waals surface area contributed by atoms with Crippen LogP contribution in [0.4, 0.5) is 5.69 Å². The number of rotatable bonds is 4. The first-order chi connectivity index (χ1) is 13.0. The third-order valence-electron chi connectivity index (χ3n) is 4.76. The SMILES string of the molecule is Cc1ccc(/C=C/C(=O)N2CCCC(C(=O)Nc3ccccc3)C2)cc1Cl. The van der Waals surface area contributed by atoms with Gasteiger partial charge in [-0.15, -0.1) is 0 Å². The summed E-state index contributed by atoms with van der Waals surface area (Å²) >= 11 is 6.12. The Bertz CT molecular complexity index is 849. The van der Waals surface area contributed by atoms with Crippen molar-refractivity contribution in [2.24, 2.45) is 5.92 Å². The Labute approximate surface area is 164 Å². The number of amides is 2. The van der Waals surface area contributed by atoms with E-state index in [1.165, 1.54) is 0 Å². The highest BCUT2D eigenvalue weighted by molar-refractivity contribution is 6.31. The standard InChI is InChI=1S/C22H23ClN2O2/c1-16-9-10-17(14-20(16)23)11-12-21(26)25-13-5-6-18(15-25)22(27)24-19-7-3-2-4-8-19/h2-4,7-12,14,18H,5-6,13,15H2,1H3,(H,24,27)/b12-11+. The zero-order valence-corrected chi connectivity index (χ0v) is 16.1. The van der Waals surface area contributed by atoms with Crippen LogP contribution in [0.5, 0.6) is 0 Å². The van der Waals surface area contributed by atoms with Crippen molar-refractivity contribution in [1.29, 1.82) is 0 Å². The van der Waals surface area contributed by atoms with Gasteiger partial charge in [0.15, 0.2) is 0 Å². The molecule has 1 saturated heterocycles. The molecule has 1 unspecified atom stereocenters. The molecule has 0 aromatic heterocycles. The second-order valence-electron chi connectivity index (χ2n) is 6.82. The maximum atomic E-state index is 12.5. The zero-order chi connectivity index (χ0) is 19.2. The van der Waals surface area contributed by atoms with E-state index in [9.17, 15) is 9.59 Å². The number of hydrogen-bond donors (Lipinski definition) is 1. The van der Waals surface area contributed by atoms with Crippen molar-refractivity contribution in [3.8, 4) is 0 Å². The lowest BCUT2D eigenvalue weighted by Gasteiger charge is -2.31. The van der Waals surface area contributed by atoms with Crippen LogP contribution in [-0.4, -0.2) is 29.8 Å². The van der Waals surface area contributed by atoms with Gasteiger partial charge in [0.25, 0.3) is 0 Å². The van der Waals surface area contributed by atoms with Crippen LogP contribution in [0.2, 0.25) is 5.02 Å². The number of anilines is 1. The minimum absolute atomic E-state index is 0.0343. The number of likely N-dealkylation sites (tertiary alicyclic amines) is 1. The van der Waals surface area contributed by atoms with E-state index in [4.69, 9.17) is 11.6 Å². The molecule has 1 atom stereocenters. The molecule has 1 aliphatic heterocycles. The Morgan fingerprint density at radius 2 is 1.96 bits per heavy atom. The number of hydrogen-bond acceptors (Lipinski definition) is 2. The Kier molecular flexibility index (Phi) is 6.30. The van der Waals surface area contributed by atoms with Crippen LogP contribution in [0.15, 0.2) is 54.6 Å². The summed E-state index contributed by atoms with van der Waals surface area (Å²) in [5.74, 6) is -0.304. The van der Waals surface area contributed by atoms with Gasteiger partial charge in [-0.2, -0.15) is 0 Å². The first kappa shape index (κ1) is 19.2. The van der Waals surface area contributed by atoms with E-state index in [0.717, 1.165) is 29.7 Å². The Hall–Kier alpha value is -2.59. The minimum atomic E-state index is -0.190. The fourth-order valence-corrected chi connectivity index (χ4v) is 3.33. The molecule has 0 spiro atoms. The Morgan fingerprint density at radius 3 is 2.70 bits per heavy atom. The highest BCUT2D eigenvalue weighted by Crippen LogP contribution is 2.20. The fraction of sp³-hybridized carbons (Fsp3) is 0.273. The van der Waals surface area contributed by atoms with Gasteiger partial charge in [0, 0.05) is 29.9 Å². The van der Waals surface area contributed by atoms with Crippen molar-refractivity contribution in [2.45, 2.75) is 19.8 Å². The largest absolute Gasteiger partial charge is 0.338 e. The van der Waals surface area contributed by atoms with Crippen LogP contribution in [0, 0.1) is 12.8 Å². The van der Waals surface area contributed by atoms with E-state index in [2.05, 4.69) is 5.32 Å². The Balaban J connectivity index is 1.59. The quantitative estimate of drug-likeness (QED) is 0.789. The summed E-state index contributed by atoms with van der Waals surface area (Å²) in [4.78, 5) is 26.8. The molecule has 1 fully saturated rings. The van der Waals surface area contributed by atoms with Gasteiger partial charge in [0.1, 0.15) is 0 Å². The predicted molar refractivity (Wildman–Crippen MR) is 110 cm³/mol. The number of carbonyl (C=O) groups excluding carboxylic acids is 2. The van der Waals surface area contributed by atoms with Crippen molar-refractivity contribution >= 4 is 35.2 Å². The maximum absolute atomic E-state index is 12.5. The van der Waals surface area contributed by atoms with Gasteiger partial charge in [-0.05, 0) is 55.2 Å². The van der Waals surface area contributed by atoms with Gasteiger partial charge in [-0.3, -0.25) is 9.59 Å². The number of benzene rings is 2. The lowest BCUT2D eigenvalue weighted by Crippen LogP contribution is -2.43. The summed E-state index contributed by atoms with van der Waals surface area (Å²) in [6.07, 6.45) is 4.93. The van der Waals surface area contributed by atoms with E-state index in [1.54, 1.807) is 17.1 Å². The van der Waals surface area contributed by atoms with E-state index >= 15 is 0 Å². The number of nitrogens with one attached hydrogen (secondary N) is 1. The van der Waals surface area contributed by atoms with Crippen LogP contribution < -0.4 is 5.32 Å². The van der Waals surface area contributed by atoms with Gasteiger partial charge < -0.3 is 10.2 Å². The number of piperidine rings is 1. The lowest BCUT2D eigenvalue weighted by atomic mass is 9.97. The number of para-hydroxylation sites is 1. The van der Waals surface area contributed by atoms with E-state index in [-0.39, 0.29) is 17.7 Å². The molecule has 0 aliphatic carbocycles. The second-order valence-corrected chi connectivity index (χ2v) is 7.23. The highest BCUT2D eigenvalue weighted by atomic mass is 35.5. The summed E-state index contributed by atoms with van der Waals surface area (Å²) in [6.45, 7) is 3.05. The first-order valence-electron chi connectivity index (χ1n) is 9.12. The number of nitrogens with zero attached hydrogens (tertiary/aromatic N) is 1. The number of carbonyl (C=O) groups is 2. The molecule has 27 heavy (non-hydrogen) atoms. The molecule has 1 N–H and O–H groups in total. The van der Waals surface area contributed by atoms with Crippen molar-refractivity contribution in [1.82, 2.24) is 4.90 Å². The normalized spacial score (nSPS) is 17.1. The minimum Gasteiger partial charge on any atom is -0.338 e. The molecule has 5 heteroatoms. The number of halogens is 1. The maximum Gasteiger partial charge on any atom is 0.246 e. The second kappa shape index (κ2) is 8.87. The zero-order valence-electron chi connectivity index (χ0n) is 15.3. The monoisotopic (exact) mass is 382 g/mol. The van der Waals surface area contributed by atoms with Crippen LogP contribution in [0.3, 0.4) is 0 Å². The molecule has 4 nitrogen and oxygen atoms in total. The molecular formula is C22H23ClN2O2. The first-order valence-corrected chi connectivity index (χ1v) is 9.50. The van der Waals surface area contributed by atoms with Crippen LogP contribution >= 0.6 is 11.6 Å². The van der Waals surface area contributed by atoms with Crippen molar-refractivity contribution in [3.05, 3.63) is 70.8 Å². The smallest absolute Gasteiger partial charge is 0.246 e. The van der Waals surface area contributed by atoms with E-state index in [0.29, 0.717) is 18.1 Å². The third kappa shape index (κ3) is 5.20. The van der Waals surface area contributed by atoms with E-state index in [1.807, 2.05) is 55.5 Å². The molecule has 0 radical (unpaired) electrons.